The minimum Gasteiger partial charge on any atom is -0.495 e. The quantitative estimate of drug-likeness (QED) is 0.676. The Hall–Kier alpha value is -1.97. The predicted molar refractivity (Wildman–Crippen MR) is 49.9 cm³/mol. The number of hydrogen-bond donors (Lipinski definition) is 1. The smallest absolute Gasteiger partial charge is 0.337 e. The Labute approximate surface area is 81.1 Å². The highest BCUT2D eigenvalue weighted by molar-refractivity contribution is 5.88. The molecule has 0 aromatic heterocycles. The van der Waals surface area contributed by atoms with E-state index in [1.807, 2.05) is 6.08 Å². The molecule has 0 amide bonds. The summed E-state index contributed by atoms with van der Waals surface area (Å²) in [5.74, 6) is -0.950. The predicted octanol–water partition coefficient (Wildman–Crippen LogP) is 1.21. The number of carboxylic acid groups (broad SMARTS) is 1. The Kier molecular flexibility index (Phi) is 2.10. The average molecular weight is 191 g/mol. The minimum absolute atomic E-state index is 0.0931. The first-order valence-electron chi connectivity index (χ1n) is 4.17. The highest BCUT2D eigenvalue weighted by Crippen LogP contribution is 2.20. The molecule has 0 aromatic rings. The molecule has 72 valence electrons. The van der Waals surface area contributed by atoms with Gasteiger partial charge in [-0.25, -0.2) is 4.79 Å². The number of fused-ring (bicyclic) bond motifs is 1. The topological polar surface area (TPSA) is 49.8 Å². The lowest BCUT2D eigenvalue weighted by Gasteiger charge is -2.18. The third kappa shape index (κ3) is 1.42. The summed E-state index contributed by atoms with van der Waals surface area (Å²) < 4.78 is 5.03. The van der Waals surface area contributed by atoms with Crippen molar-refractivity contribution in [3.8, 4) is 0 Å². The number of carboxylic acids is 1. The minimum atomic E-state index is -0.950. The molecule has 4 nitrogen and oxygen atoms in total. The van der Waals surface area contributed by atoms with Crippen LogP contribution >= 0.6 is 0 Å². The van der Waals surface area contributed by atoms with Crippen LogP contribution < -0.4 is 0 Å². The summed E-state index contributed by atoms with van der Waals surface area (Å²) in [6.45, 7) is 0.0931. The van der Waals surface area contributed by atoms with Crippen LogP contribution in [0.15, 0.2) is 48.2 Å². The van der Waals surface area contributed by atoms with Gasteiger partial charge in [0.25, 0.3) is 0 Å². The third-order valence-corrected chi connectivity index (χ3v) is 2.00. The molecule has 0 spiro atoms. The Morgan fingerprint density at radius 1 is 1.43 bits per heavy atom. The standard InChI is InChI=1S/C10H9NO3/c12-10(13)8-7-14-6-5-11-4-2-1-3-9(8)11/h1-6H,7H2,(H,12,13). The zero-order chi connectivity index (χ0) is 9.97. The van der Waals surface area contributed by atoms with Crippen LogP contribution in [0.2, 0.25) is 0 Å². The molecule has 0 bridgehead atoms. The molecule has 0 fully saturated rings. The van der Waals surface area contributed by atoms with Gasteiger partial charge in [-0.05, 0) is 12.2 Å². The zero-order valence-corrected chi connectivity index (χ0v) is 7.38. The number of nitrogens with zero attached hydrogens (tertiary/aromatic N) is 1. The highest BCUT2D eigenvalue weighted by atomic mass is 16.5. The number of hydrogen-bond acceptors (Lipinski definition) is 3. The molecule has 0 atom stereocenters. The van der Waals surface area contributed by atoms with Crippen molar-refractivity contribution in [3.63, 3.8) is 0 Å². The van der Waals surface area contributed by atoms with Gasteiger partial charge in [0.2, 0.25) is 0 Å². The van der Waals surface area contributed by atoms with Gasteiger partial charge in [-0.1, -0.05) is 6.08 Å². The number of ether oxygens (including phenoxy) is 1. The van der Waals surface area contributed by atoms with Crippen molar-refractivity contribution in [1.29, 1.82) is 0 Å². The second-order valence-electron chi connectivity index (χ2n) is 2.87. The Morgan fingerprint density at radius 2 is 2.29 bits per heavy atom. The number of aliphatic carboxylic acids is 1. The van der Waals surface area contributed by atoms with Gasteiger partial charge in [-0.3, -0.25) is 0 Å². The first kappa shape index (κ1) is 8.62. The van der Waals surface area contributed by atoms with Crippen molar-refractivity contribution in [2.24, 2.45) is 0 Å². The summed E-state index contributed by atoms with van der Waals surface area (Å²) in [6.07, 6.45) is 10.3. The fourth-order valence-corrected chi connectivity index (χ4v) is 1.33. The molecule has 2 rings (SSSR count). The maximum atomic E-state index is 10.9. The van der Waals surface area contributed by atoms with Crippen molar-refractivity contribution < 1.29 is 14.6 Å². The van der Waals surface area contributed by atoms with Crippen molar-refractivity contribution in [1.82, 2.24) is 4.90 Å². The molecule has 0 saturated heterocycles. The normalized spacial score (nSPS) is 19.0. The largest absolute Gasteiger partial charge is 0.495 e. The van der Waals surface area contributed by atoms with Crippen LogP contribution in [0.3, 0.4) is 0 Å². The van der Waals surface area contributed by atoms with Crippen molar-refractivity contribution in [2.75, 3.05) is 6.61 Å². The molecule has 14 heavy (non-hydrogen) atoms. The average Bonchev–Trinajstić information content (AvgIpc) is 2.39. The van der Waals surface area contributed by atoms with E-state index in [2.05, 4.69) is 0 Å². The van der Waals surface area contributed by atoms with Crippen molar-refractivity contribution in [2.45, 2.75) is 0 Å². The first-order chi connectivity index (χ1) is 6.79. The van der Waals surface area contributed by atoms with Crippen LogP contribution in [0.4, 0.5) is 0 Å². The summed E-state index contributed by atoms with van der Waals surface area (Å²) >= 11 is 0. The van der Waals surface area contributed by atoms with Crippen LogP contribution in [0.1, 0.15) is 0 Å². The third-order valence-electron chi connectivity index (χ3n) is 2.00. The molecule has 2 aliphatic rings. The van der Waals surface area contributed by atoms with Gasteiger partial charge in [-0.15, -0.1) is 0 Å². The summed E-state index contributed by atoms with van der Waals surface area (Å²) in [6, 6.07) is 0. The van der Waals surface area contributed by atoms with Crippen LogP contribution in [-0.2, 0) is 9.53 Å². The van der Waals surface area contributed by atoms with E-state index < -0.39 is 5.97 Å². The van der Waals surface area contributed by atoms with E-state index in [4.69, 9.17) is 9.84 Å². The van der Waals surface area contributed by atoms with E-state index in [1.165, 1.54) is 6.26 Å². The number of carbonyl (C=O) groups is 1. The van der Waals surface area contributed by atoms with Gasteiger partial charge < -0.3 is 14.7 Å². The second-order valence-corrected chi connectivity index (χ2v) is 2.87. The van der Waals surface area contributed by atoms with Crippen LogP contribution in [0.5, 0.6) is 0 Å². The van der Waals surface area contributed by atoms with E-state index in [1.54, 1.807) is 29.5 Å². The summed E-state index contributed by atoms with van der Waals surface area (Å²) in [5.41, 5.74) is 0.907. The van der Waals surface area contributed by atoms with Gasteiger partial charge in [0.05, 0.1) is 17.5 Å². The lowest BCUT2D eigenvalue weighted by atomic mass is 10.1. The zero-order valence-electron chi connectivity index (χ0n) is 7.38. The molecule has 0 saturated carbocycles. The first-order valence-corrected chi connectivity index (χ1v) is 4.17. The Bertz CT molecular complexity index is 377. The maximum absolute atomic E-state index is 10.9. The monoisotopic (exact) mass is 191 g/mol. The van der Waals surface area contributed by atoms with Gasteiger partial charge in [0, 0.05) is 12.4 Å². The maximum Gasteiger partial charge on any atom is 0.337 e. The van der Waals surface area contributed by atoms with Crippen LogP contribution in [0, 0.1) is 0 Å². The van der Waals surface area contributed by atoms with Crippen LogP contribution in [0.25, 0.3) is 0 Å². The lowest BCUT2D eigenvalue weighted by Crippen LogP contribution is -2.16. The molecule has 1 N–H and O–H groups in total. The van der Waals surface area contributed by atoms with Gasteiger partial charge in [-0.2, -0.15) is 0 Å². The SMILES string of the molecule is O=C(O)C1=C2C=CC=CN2C=COC1. The van der Waals surface area contributed by atoms with E-state index in [-0.39, 0.29) is 12.2 Å². The molecule has 2 aliphatic heterocycles. The van der Waals surface area contributed by atoms with Crippen LogP contribution in [-0.4, -0.2) is 22.6 Å². The van der Waals surface area contributed by atoms with Crippen molar-refractivity contribution in [3.05, 3.63) is 48.2 Å². The molecule has 0 aliphatic carbocycles. The molecular formula is C10H9NO3. The fourth-order valence-electron chi connectivity index (χ4n) is 1.33. The lowest BCUT2D eigenvalue weighted by molar-refractivity contribution is -0.133. The van der Waals surface area contributed by atoms with E-state index >= 15 is 0 Å². The van der Waals surface area contributed by atoms with Crippen molar-refractivity contribution >= 4 is 5.97 Å². The van der Waals surface area contributed by atoms with E-state index in [0.29, 0.717) is 5.70 Å². The Balaban J connectivity index is 2.46. The summed E-state index contributed by atoms with van der Waals surface area (Å²) in [5, 5.41) is 8.95. The molecule has 2 heterocycles. The highest BCUT2D eigenvalue weighted by Gasteiger charge is 2.19. The number of rotatable bonds is 1. The molecule has 0 radical (unpaired) electrons. The van der Waals surface area contributed by atoms with Gasteiger partial charge in [0.1, 0.15) is 6.61 Å². The number of allylic oxidation sites excluding steroid dienone is 3. The summed E-state index contributed by atoms with van der Waals surface area (Å²) in [4.78, 5) is 12.6. The van der Waals surface area contributed by atoms with Gasteiger partial charge in [0.15, 0.2) is 0 Å². The van der Waals surface area contributed by atoms with E-state index in [0.717, 1.165) is 0 Å². The molecule has 4 heteroatoms. The summed E-state index contributed by atoms with van der Waals surface area (Å²) in [7, 11) is 0. The Morgan fingerprint density at radius 3 is 3.07 bits per heavy atom. The molecular weight excluding hydrogens is 182 g/mol. The molecule has 0 unspecified atom stereocenters. The van der Waals surface area contributed by atoms with Gasteiger partial charge >= 0.3 is 5.97 Å². The molecule has 0 aromatic carbocycles. The van der Waals surface area contributed by atoms with E-state index in [9.17, 15) is 4.79 Å². The second kappa shape index (κ2) is 3.41. The fraction of sp³-hybridized carbons (Fsp3) is 0.100.